The van der Waals surface area contributed by atoms with Crippen LogP contribution < -0.4 is 4.90 Å². The summed E-state index contributed by atoms with van der Waals surface area (Å²) >= 11 is 10.3. The fraction of sp³-hybridized carbons (Fsp3) is 0.714. The van der Waals surface area contributed by atoms with Gasteiger partial charge in [0.05, 0.1) is 14.7 Å². The molecule has 18 heavy (non-hydrogen) atoms. The molecule has 0 atom stereocenters. The fourth-order valence-corrected chi connectivity index (χ4v) is 2.63. The monoisotopic (exact) mass is 284 g/mol. The number of hydrogen-bond donors (Lipinski definition) is 0. The molecule has 0 saturated heterocycles. The first-order valence-electron chi connectivity index (χ1n) is 6.84. The summed E-state index contributed by atoms with van der Waals surface area (Å²) in [6, 6.07) is 2.01. The second-order valence-corrected chi connectivity index (χ2v) is 5.63. The Morgan fingerprint density at radius 1 is 1.06 bits per heavy atom. The highest BCUT2D eigenvalue weighted by molar-refractivity contribution is 7.74. The molecule has 1 aromatic rings. The van der Waals surface area contributed by atoms with Crippen LogP contribution >= 0.6 is 24.4 Å². The molecular weight excluding hydrogens is 260 g/mol. The van der Waals surface area contributed by atoms with Crippen LogP contribution in [0.3, 0.4) is 0 Å². The van der Waals surface area contributed by atoms with Gasteiger partial charge < -0.3 is 9.80 Å². The van der Waals surface area contributed by atoms with Gasteiger partial charge >= 0.3 is 0 Å². The molecule has 0 aliphatic carbocycles. The molecule has 0 radical (unpaired) electrons. The van der Waals surface area contributed by atoms with Gasteiger partial charge in [0.15, 0.2) is 0 Å². The van der Waals surface area contributed by atoms with E-state index < -0.39 is 0 Å². The van der Waals surface area contributed by atoms with E-state index in [1.165, 1.54) is 32.4 Å². The van der Waals surface area contributed by atoms with Crippen molar-refractivity contribution < 1.29 is 0 Å². The molecule has 0 fully saturated rings. The molecule has 4 heteroatoms. The van der Waals surface area contributed by atoms with Crippen LogP contribution in [0.25, 0.3) is 0 Å². The van der Waals surface area contributed by atoms with Crippen LogP contribution in [0.1, 0.15) is 33.1 Å². The van der Waals surface area contributed by atoms with Crippen molar-refractivity contribution in [1.29, 1.82) is 0 Å². The van der Waals surface area contributed by atoms with E-state index in [4.69, 9.17) is 24.4 Å². The molecule has 0 aromatic heterocycles. The molecule has 1 aromatic carbocycles. The van der Waals surface area contributed by atoms with E-state index in [0.29, 0.717) is 0 Å². The van der Waals surface area contributed by atoms with Crippen LogP contribution in [0.5, 0.6) is 0 Å². The standard InChI is InChI=1S/C14H24N2S2/c1-4-8-16(5-2)10-7-6-9-15(3)12-11-13(17)14(12)18/h11H,4-10H2,1-3H3. The summed E-state index contributed by atoms with van der Waals surface area (Å²) in [5, 5.41) is 0. The first-order chi connectivity index (χ1) is 8.60. The number of hydrogen-bond acceptors (Lipinski definition) is 4. The lowest BCUT2D eigenvalue weighted by Gasteiger charge is -2.23. The van der Waals surface area contributed by atoms with Gasteiger partial charge in [0, 0.05) is 13.6 Å². The van der Waals surface area contributed by atoms with Gasteiger partial charge in [-0.25, -0.2) is 0 Å². The highest BCUT2D eigenvalue weighted by atomic mass is 32.1. The van der Waals surface area contributed by atoms with Gasteiger partial charge in [-0.3, -0.25) is 0 Å². The van der Waals surface area contributed by atoms with E-state index in [1.54, 1.807) is 0 Å². The maximum atomic E-state index is 5.22. The van der Waals surface area contributed by atoms with E-state index >= 15 is 0 Å². The van der Waals surface area contributed by atoms with Gasteiger partial charge in [0.25, 0.3) is 0 Å². The van der Waals surface area contributed by atoms with Crippen molar-refractivity contribution in [2.75, 3.05) is 38.1 Å². The summed E-state index contributed by atoms with van der Waals surface area (Å²) in [6.07, 6.45) is 3.71. The topological polar surface area (TPSA) is 6.48 Å². The van der Waals surface area contributed by atoms with Crippen LogP contribution in [-0.2, 0) is 0 Å². The van der Waals surface area contributed by atoms with Gasteiger partial charge in [-0.2, -0.15) is 0 Å². The SMILES string of the molecule is CCCN(CC)CCCCN(C)c1cc(=S)c1=S. The Hall–Kier alpha value is -0.320. The molecule has 0 N–H and O–H groups in total. The summed E-state index contributed by atoms with van der Waals surface area (Å²) in [7, 11) is 2.10. The van der Waals surface area contributed by atoms with Gasteiger partial charge in [-0.1, -0.05) is 38.3 Å². The van der Waals surface area contributed by atoms with Gasteiger partial charge in [0.2, 0.25) is 0 Å². The van der Waals surface area contributed by atoms with Crippen molar-refractivity contribution in [1.82, 2.24) is 4.90 Å². The number of nitrogens with zero attached hydrogens (tertiary/aromatic N) is 2. The van der Waals surface area contributed by atoms with Crippen LogP contribution in [0.4, 0.5) is 5.69 Å². The third kappa shape index (κ3) is 4.41. The van der Waals surface area contributed by atoms with Gasteiger partial charge in [-0.05, 0) is 45.0 Å². The van der Waals surface area contributed by atoms with Gasteiger partial charge in [0.1, 0.15) is 0 Å². The van der Waals surface area contributed by atoms with E-state index in [-0.39, 0.29) is 0 Å². The van der Waals surface area contributed by atoms with E-state index in [9.17, 15) is 0 Å². The summed E-state index contributed by atoms with van der Waals surface area (Å²) in [4.78, 5) is 4.75. The lowest BCUT2D eigenvalue weighted by Crippen LogP contribution is -2.26. The van der Waals surface area contributed by atoms with Gasteiger partial charge in [-0.15, -0.1) is 0 Å². The van der Waals surface area contributed by atoms with Crippen molar-refractivity contribution in [2.24, 2.45) is 0 Å². The predicted molar refractivity (Wildman–Crippen MR) is 85.4 cm³/mol. The van der Waals surface area contributed by atoms with Crippen LogP contribution in [-0.4, -0.2) is 38.1 Å². The molecule has 0 saturated carbocycles. The zero-order chi connectivity index (χ0) is 13.5. The minimum absolute atomic E-state index is 0.840. The molecule has 0 amide bonds. The van der Waals surface area contributed by atoms with Crippen molar-refractivity contribution in [2.45, 2.75) is 33.1 Å². The quantitative estimate of drug-likeness (QED) is 0.500. The molecule has 0 aliphatic heterocycles. The molecule has 0 heterocycles. The summed E-state index contributed by atoms with van der Waals surface area (Å²) in [5.74, 6) is 0. The Labute approximate surface area is 121 Å². The number of rotatable bonds is 9. The van der Waals surface area contributed by atoms with Crippen LogP contribution in [0.2, 0.25) is 0 Å². The summed E-state index contributed by atoms with van der Waals surface area (Å²) in [5.41, 5.74) is 1.15. The first kappa shape index (κ1) is 15.7. The maximum absolute atomic E-state index is 5.22. The van der Waals surface area contributed by atoms with Crippen molar-refractivity contribution in [3.63, 3.8) is 0 Å². The lowest BCUT2D eigenvalue weighted by molar-refractivity contribution is 0.283. The zero-order valence-corrected chi connectivity index (χ0v) is 13.4. The number of anilines is 1. The van der Waals surface area contributed by atoms with Crippen LogP contribution in [0.15, 0.2) is 6.07 Å². The summed E-state index contributed by atoms with van der Waals surface area (Å²) < 4.78 is 1.71. The summed E-state index contributed by atoms with van der Waals surface area (Å²) in [6.45, 7) is 9.13. The third-order valence-corrected chi connectivity index (χ3v) is 4.22. The average Bonchev–Trinajstić information content (AvgIpc) is 2.38. The molecule has 0 unspecified atom stereocenters. The molecule has 2 nitrogen and oxygen atoms in total. The van der Waals surface area contributed by atoms with E-state index in [2.05, 4.69) is 30.7 Å². The predicted octanol–water partition coefficient (Wildman–Crippen LogP) is 3.97. The number of unbranched alkanes of at least 4 members (excludes halogenated alkanes) is 1. The highest BCUT2D eigenvalue weighted by Gasteiger charge is 2.08. The first-order valence-corrected chi connectivity index (χ1v) is 7.65. The van der Waals surface area contributed by atoms with Crippen molar-refractivity contribution >= 4 is 30.1 Å². The minimum Gasteiger partial charge on any atom is -0.373 e. The van der Waals surface area contributed by atoms with Crippen LogP contribution in [0, 0.1) is 9.02 Å². The average molecular weight is 284 g/mol. The van der Waals surface area contributed by atoms with E-state index in [1.807, 2.05) is 6.07 Å². The largest absolute Gasteiger partial charge is 0.373 e. The Morgan fingerprint density at radius 3 is 2.22 bits per heavy atom. The third-order valence-electron chi connectivity index (χ3n) is 3.34. The molecule has 0 aliphatic rings. The Balaban J connectivity index is 2.20. The smallest absolute Gasteiger partial charge is 0.0792 e. The molecule has 0 bridgehead atoms. The fourth-order valence-electron chi connectivity index (χ4n) is 2.14. The maximum Gasteiger partial charge on any atom is 0.0792 e. The second kappa shape index (κ2) is 7.97. The zero-order valence-electron chi connectivity index (χ0n) is 11.7. The molecule has 1 rings (SSSR count). The Bertz CT molecular complexity index is 421. The lowest BCUT2D eigenvalue weighted by atomic mass is 10.2. The highest BCUT2D eigenvalue weighted by Crippen LogP contribution is 2.21. The van der Waals surface area contributed by atoms with Crippen molar-refractivity contribution in [3.05, 3.63) is 15.1 Å². The second-order valence-electron chi connectivity index (χ2n) is 4.79. The minimum atomic E-state index is 0.840. The normalized spacial score (nSPS) is 11.3. The molecular formula is C14H24N2S2. The molecule has 0 spiro atoms. The Kier molecular flexibility index (Phi) is 6.97. The molecule has 102 valence electrons. The Morgan fingerprint density at radius 2 is 1.72 bits per heavy atom. The van der Waals surface area contributed by atoms with Crippen molar-refractivity contribution in [3.8, 4) is 0 Å². The van der Waals surface area contributed by atoms with E-state index in [0.717, 1.165) is 27.8 Å².